The number of ketones is 1. The van der Waals surface area contributed by atoms with E-state index in [-0.39, 0.29) is 12.2 Å². The van der Waals surface area contributed by atoms with Gasteiger partial charge in [-0.2, -0.15) is 13.2 Å². The molecule has 2 aliphatic rings. The highest BCUT2D eigenvalue weighted by molar-refractivity contribution is 6.60. The predicted molar refractivity (Wildman–Crippen MR) is 104 cm³/mol. The SMILES string of the molecule is O=C(Cc1ccc2c(c1)B(O)OCC2)c1cnc(N2CCOCC2)cc1C(F)(F)F. The summed E-state index contributed by atoms with van der Waals surface area (Å²) in [7, 11) is -1.09. The lowest BCUT2D eigenvalue weighted by Crippen LogP contribution is -2.41. The first kappa shape index (κ1) is 20.8. The van der Waals surface area contributed by atoms with Crippen LogP contribution in [-0.4, -0.2) is 55.8 Å². The predicted octanol–water partition coefficient (Wildman–Crippen LogP) is 1.62. The molecular weight excluding hydrogens is 400 g/mol. The van der Waals surface area contributed by atoms with Crippen molar-refractivity contribution in [3.05, 3.63) is 52.7 Å². The molecule has 158 valence electrons. The van der Waals surface area contributed by atoms with Crippen LogP contribution >= 0.6 is 0 Å². The second kappa shape index (κ2) is 8.37. The van der Waals surface area contributed by atoms with Crippen LogP contribution in [0.1, 0.15) is 27.0 Å². The molecule has 10 heteroatoms. The number of nitrogens with zero attached hydrogens (tertiary/aromatic N) is 2. The molecular formula is C20H20BF3N2O4. The number of ether oxygens (including phenoxy) is 1. The van der Waals surface area contributed by atoms with Crippen molar-refractivity contribution < 1.29 is 32.4 Å². The fourth-order valence-electron chi connectivity index (χ4n) is 3.73. The van der Waals surface area contributed by atoms with Crippen molar-refractivity contribution in [1.29, 1.82) is 0 Å². The van der Waals surface area contributed by atoms with Gasteiger partial charge in [0, 0.05) is 37.9 Å². The Balaban J connectivity index is 1.61. The first-order valence-electron chi connectivity index (χ1n) is 9.67. The number of aromatic nitrogens is 1. The molecule has 1 saturated heterocycles. The highest BCUT2D eigenvalue weighted by Crippen LogP contribution is 2.34. The average Bonchev–Trinajstić information content (AvgIpc) is 2.74. The fourth-order valence-corrected chi connectivity index (χ4v) is 3.73. The highest BCUT2D eigenvalue weighted by Gasteiger charge is 2.36. The third-order valence-corrected chi connectivity index (χ3v) is 5.32. The molecule has 2 aromatic rings. The van der Waals surface area contributed by atoms with E-state index in [0.29, 0.717) is 50.4 Å². The number of anilines is 1. The van der Waals surface area contributed by atoms with Gasteiger partial charge in [0.05, 0.1) is 18.8 Å². The first-order valence-corrected chi connectivity index (χ1v) is 9.67. The summed E-state index contributed by atoms with van der Waals surface area (Å²) in [5, 5.41) is 9.96. The number of morpholine rings is 1. The number of hydrogen-bond donors (Lipinski definition) is 1. The molecule has 0 amide bonds. The monoisotopic (exact) mass is 420 g/mol. The molecule has 0 unspecified atom stereocenters. The second-order valence-corrected chi connectivity index (χ2v) is 7.29. The summed E-state index contributed by atoms with van der Waals surface area (Å²) in [5.74, 6) is -0.509. The smallest absolute Gasteiger partial charge is 0.423 e. The fraction of sp³-hybridized carbons (Fsp3) is 0.400. The van der Waals surface area contributed by atoms with Crippen molar-refractivity contribution in [1.82, 2.24) is 4.98 Å². The highest BCUT2D eigenvalue weighted by atomic mass is 19.4. The van der Waals surface area contributed by atoms with Crippen molar-refractivity contribution in [2.24, 2.45) is 0 Å². The number of halogens is 3. The summed E-state index contributed by atoms with van der Waals surface area (Å²) in [6.07, 6.45) is -3.28. The molecule has 0 aliphatic carbocycles. The van der Waals surface area contributed by atoms with E-state index in [9.17, 15) is 23.0 Å². The first-order chi connectivity index (χ1) is 14.3. The quantitative estimate of drug-likeness (QED) is 0.599. The van der Waals surface area contributed by atoms with Crippen LogP contribution in [-0.2, 0) is 28.4 Å². The summed E-state index contributed by atoms with van der Waals surface area (Å²) in [6, 6.07) is 6.01. The molecule has 6 nitrogen and oxygen atoms in total. The van der Waals surface area contributed by atoms with Crippen molar-refractivity contribution in [3.8, 4) is 0 Å². The summed E-state index contributed by atoms with van der Waals surface area (Å²) in [6.45, 7) is 2.10. The molecule has 0 spiro atoms. The van der Waals surface area contributed by atoms with Crippen LogP contribution in [0.5, 0.6) is 0 Å². The molecule has 1 fully saturated rings. The number of rotatable bonds is 4. The van der Waals surface area contributed by atoms with E-state index in [2.05, 4.69) is 4.98 Å². The average molecular weight is 420 g/mol. The molecule has 3 heterocycles. The molecule has 0 bridgehead atoms. The molecule has 1 N–H and O–H groups in total. The van der Waals surface area contributed by atoms with Gasteiger partial charge in [0.25, 0.3) is 0 Å². The molecule has 0 atom stereocenters. The molecule has 1 aromatic carbocycles. The Morgan fingerprint density at radius 1 is 1.20 bits per heavy atom. The maximum atomic E-state index is 13.7. The van der Waals surface area contributed by atoms with E-state index in [1.807, 2.05) is 0 Å². The minimum Gasteiger partial charge on any atom is -0.423 e. The van der Waals surface area contributed by atoms with Gasteiger partial charge in [-0.3, -0.25) is 4.79 Å². The Kier molecular flexibility index (Phi) is 5.81. The summed E-state index contributed by atoms with van der Waals surface area (Å²) < 4.78 is 51.5. The van der Waals surface area contributed by atoms with E-state index < -0.39 is 30.2 Å². The van der Waals surface area contributed by atoms with Crippen LogP contribution < -0.4 is 10.4 Å². The number of benzene rings is 1. The minimum atomic E-state index is -4.69. The minimum absolute atomic E-state index is 0.177. The van der Waals surface area contributed by atoms with E-state index in [1.54, 1.807) is 23.1 Å². The van der Waals surface area contributed by atoms with E-state index in [0.717, 1.165) is 17.8 Å². The van der Waals surface area contributed by atoms with Gasteiger partial charge in [-0.05, 0) is 29.1 Å². The Hall–Kier alpha value is -2.43. The topological polar surface area (TPSA) is 71.9 Å². The van der Waals surface area contributed by atoms with Crippen LogP contribution in [0.3, 0.4) is 0 Å². The molecule has 0 radical (unpaired) electrons. The van der Waals surface area contributed by atoms with Gasteiger partial charge >= 0.3 is 13.3 Å². The van der Waals surface area contributed by atoms with Crippen LogP contribution in [0.15, 0.2) is 30.5 Å². The maximum Gasteiger partial charge on any atom is 0.491 e. The number of carbonyl (C=O) groups excluding carboxylic acids is 1. The van der Waals surface area contributed by atoms with Gasteiger partial charge in [-0.25, -0.2) is 4.98 Å². The van der Waals surface area contributed by atoms with Crippen molar-refractivity contribution in [3.63, 3.8) is 0 Å². The zero-order valence-electron chi connectivity index (χ0n) is 16.1. The Bertz CT molecular complexity index is 948. The Morgan fingerprint density at radius 3 is 2.70 bits per heavy atom. The maximum absolute atomic E-state index is 13.7. The van der Waals surface area contributed by atoms with E-state index in [1.165, 1.54) is 0 Å². The lowest BCUT2D eigenvalue weighted by molar-refractivity contribution is -0.137. The van der Waals surface area contributed by atoms with Crippen molar-refractivity contribution in [2.75, 3.05) is 37.8 Å². The summed E-state index contributed by atoms with van der Waals surface area (Å²) in [5.41, 5.74) is 0.494. The molecule has 1 aromatic heterocycles. The van der Waals surface area contributed by atoms with Gasteiger partial charge < -0.3 is 19.3 Å². The van der Waals surface area contributed by atoms with Crippen molar-refractivity contribution >= 4 is 24.2 Å². The number of alkyl halides is 3. The Morgan fingerprint density at radius 2 is 1.97 bits per heavy atom. The van der Waals surface area contributed by atoms with Crippen LogP contribution in [0.25, 0.3) is 0 Å². The number of fused-ring (bicyclic) bond motifs is 1. The standard InChI is InChI=1S/C20H20BF3N2O4/c22-20(23,24)16-11-19(26-4-7-29-8-5-26)25-12-15(16)18(27)10-13-1-2-14-3-6-30-21(28)17(14)9-13/h1-2,9,11-12,28H,3-8,10H2. The van der Waals surface area contributed by atoms with Gasteiger partial charge in [-0.15, -0.1) is 0 Å². The third kappa shape index (κ3) is 4.35. The van der Waals surface area contributed by atoms with E-state index in [4.69, 9.17) is 9.39 Å². The summed E-state index contributed by atoms with van der Waals surface area (Å²) in [4.78, 5) is 18.6. The lowest BCUT2D eigenvalue weighted by Gasteiger charge is -2.28. The van der Waals surface area contributed by atoms with Crippen LogP contribution in [0.4, 0.5) is 19.0 Å². The van der Waals surface area contributed by atoms with Gasteiger partial charge in [-0.1, -0.05) is 18.2 Å². The number of hydrogen-bond acceptors (Lipinski definition) is 6. The largest absolute Gasteiger partial charge is 0.491 e. The number of Topliss-reactive ketones (excluding diaryl/α,β-unsaturated/α-hetero) is 1. The van der Waals surface area contributed by atoms with Crippen LogP contribution in [0, 0.1) is 0 Å². The zero-order valence-corrected chi connectivity index (χ0v) is 16.1. The van der Waals surface area contributed by atoms with Gasteiger partial charge in [0.15, 0.2) is 5.78 Å². The lowest BCUT2D eigenvalue weighted by atomic mass is 9.72. The van der Waals surface area contributed by atoms with Gasteiger partial charge in [0.2, 0.25) is 0 Å². The molecule has 30 heavy (non-hydrogen) atoms. The zero-order chi connectivity index (χ0) is 21.3. The third-order valence-electron chi connectivity index (χ3n) is 5.32. The van der Waals surface area contributed by atoms with E-state index >= 15 is 0 Å². The van der Waals surface area contributed by atoms with Crippen molar-refractivity contribution in [2.45, 2.75) is 19.0 Å². The number of pyridine rings is 1. The Labute approximate surface area is 171 Å². The summed E-state index contributed by atoms with van der Waals surface area (Å²) >= 11 is 0. The molecule has 4 rings (SSSR count). The van der Waals surface area contributed by atoms with Gasteiger partial charge in [0.1, 0.15) is 5.82 Å². The normalized spacial score (nSPS) is 17.1. The molecule has 2 aliphatic heterocycles. The second-order valence-electron chi connectivity index (χ2n) is 7.29. The molecule has 0 saturated carbocycles. The van der Waals surface area contributed by atoms with Crippen LogP contribution in [0.2, 0.25) is 0 Å². The number of carbonyl (C=O) groups is 1.